The van der Waals surface area contributed by atoms with Crippen LogP contribution in [-0.4, -0.2) is 29.3 Å². The van der Waals surface area contributed by atoms with Crippen LogP contribution in [0.15, 0.2) is 54.6 Å². The standard InChI is InChI=1S/C23H25N3O2/c1-15(2)16-7-9-18(10-8-16)25-23(28)22(27)19-14-24-11-12-26-20-6-4-3-5-17(20)13-21(19)26/h3-10,13,15,19,24H,11-12,14H2,1-2H3,(H,25,28). The van der Waals surface area contributed by atoms with Gasteiger partial charge in [-0.3, -0.25) is 9.59 Å². The number of aromatic nitrogens is 1. The maximum atomic E-state index is 13.0. The second-order valence-corrected chi connectivity index (χ2v) is 7.63. The molecular formula is C23H25N3O2. The second-order valence-electron chi connectivity index (χ2n) is 7.63. The fourth-order valence-electron chi connectivity index (χ4n) is 3.84. The number of hydrogen-bond donors (Lipinski definition) is 2. The molecule has 1 aliphatic rings. The molecule has 0 bridgehead atoms. The number of rotatable bonds is 4. The molecule has 5 nitrogen and oxygen atoms in total. The Bertz CT molecular complexity index is 1020. The summed E-state index contributed by atoms with van der Waals surface area (Å²) < 4.78 is 2.16. The molecule has 4 rings (SSSR count). The number of carbonyl (C=O) groups excluding carboxylic acids is 2. The van der Waals surface area contributed by atoms with Gasteiger partial charge in [-0.1, -0.05) is 44.2 Å². The number of benzene rings is 2. The summed E-state index contributed by atoms with van der Waals surface area (Å²) in [5.74, 6) is -1.05. The number of carbonyl (C=O) groups is 2. The molecule has 28 heavy (non-hydrogen) atoms. The quantitative estimate of drug-likeness (QED) is 0.684. The van der Waals surface area contributed by atoms with Crippen LogP contribution in [0.2, 0.25) is 0 Å². The summed E-state index contributed by atoms with van der Waals surface area (Å²) in [6.45, 7) is 6.26. The molecule has 1 unspecified atom stereocenters. The number of Topliss-reactive ketones (excluding diaryl/α,β-unsaturated/α-hetero) is 1. The van der Waals surface area contributed by atoms with Crippen molar-refractivity contribution in [2.24, 2.45) is 0 Å². The highest BCUT2D eigenvalue weighted by molar-refractivity contribution is 6.42. The maximum absolute atomic E-state index is 13.0. The van der Waals surface area contributed by atoms with Crippen molar-refractivity contribution in [1.82, 2.24) is 9.88 Å². The van der Waals surface area contributed by atoms with Crippen LogP contribution in [-0.2, 0) is 16.1 Å². The van der Waals surface area contributed by atoms with E-state index < -0.39 is 17.6 Å². The van der Waals surface area contributed by atoms with Crippen molar-refractivity contribution >= 4 is 28.3 Å². The van der Waals surface area contributed by atoms with Crippen molar-refractivity contribution in [2.75, 3.05) is 18.4 Å². The minimum Gasteiger partial charge on any atom is -0.343 e. The van der Waals surface area contributed by atoms with Crippen molar-refractivity contribution in [2.45, 2.75) is 32.2 Å². The van der Waals surface area contributed by atoms with Crippen molar-refractivity contribution in [3.05, 3.63) is 65.9 Å². The zero-order chi connectivity index (χ0) is 19.7. The summed E-state index contributed by atoms with van der Waals surface area (Å²) in [5, 5.41) is 7.16. The third-order valence-electron chi connectivity index (χ3n) is 5.44. The summed E-state index contributed by atoms with van der Waals surface area (Å²) in [4.78, 5) is 25.7. The Morgan fingerprint density at radius 1 is 1.11 bits per heavy atom. The predicted octanol–water partition coefficient (Wildman–Crippen LogP) is 3.66. The van der Waals surface area contributed by atoms with Crippen LogP contribution in [0.4, 0.5) is 5.69 Å². The Morgan fingerprint density at radius 2 is 1.86 bits per heavy atom. The minimum absolute atomic E-state index is 0.411. The molecule has 0 saturated carbocycles. The molecule has 0 spiro atoms. The molecule has 3 aromatic rings. The molecule has 1 amide bonds. The molecule has 0 aliphatic carbocycles. The molecule has 2 aromatic carbocycles. The molecule has 5 heteroatoms. The molecule has 0 saturated heterocycles. The van der Waals surface area contributed by atoms with E-state index in [0.717, 1.165) is 29.7 Å². The van der Waals surface area contributed by atoms with Crippen LogP contribution < -0.4 is 10.6 Å². The second kappa shape index (κ2) is 7.60. The lowest BCUT2D eigenvalue weighted by atomic mass is 9.99. The number of fused-ring (bicyclic) bond motifs is 3. The van der Waals surface area contributed by atoms with E-state index in [4.69, 9.17) is 0 Å². The fraction of sp³-hybridized carbons (Fsp3) is 0.304. The Labute approximate surface area is 164 Å². The van der Waals surface area contributed by atoms with E-state index in [0.29, 0.717) is 18.2 Å². The van der Waals surface area contributed by atoms with E-state index in [9.17, 15) is 9.59 Å². The third-order valence-corrected chi connectivity index (χ3v) is 5.44. The smallest absolute Gasteiger partial charge is 0.292 e. The Kier molecular flexibility index (Phi) is 5.01. The Morgan fingerprint density at radius 3 is 2.61 bits per heavy atom. The summed E-state index contributed by atoms with van der Waals surface area (Å²) in [7, 11) is 0. The maximum Gasteiger partial charge on any atom is 0.292 e. The lowest BCUT2D eigenvalue weighted by Crippen LogP contribution is -2.33. The molecule has 2 heterocycles. The number of nitrogens with zero attached hydrogens (tertiary/aromatic N) is 1. The summed E-state index contributed by atoms with van der Waals surface area (Å²) in [6, 6.07) is 17.8. The van der Waals surface area contributed by atoms with Crippen molar-refractivity contribution in [3.63, 3.8) is 0 Å². The number of nitrogens with one attached hydrogen (secondary N) is 2. The van der Waals surface area contributed by atoms with E-state index in [1.165, 1.54) is 5.56 Å². The van der Waals surface area contributed by atoms with Crippen LogP contribution in [0.5, 0.6) is 0 Å². The van der Waals surface area contributed by atoms with Gasteiger partial charge in [-0.25, -0.2) is 0 Å². The van der Waals surface area contributed by atoms with Crippen molar-refractivity contribution < 1.29 is 9.59 Å². The van der Waals surface area contributed by atoms with E-state index in [2.05, 4.69) is 35.1 Å². The largest absolute Gasteiger partial charge is 0.343 e. The number of ketones is 1. The van der Waals surface area contributed by atoms with Gasteiger partial charge in [0, 0.05) is 36.5 Å². The minimum atomic E-state index is -0.567. The van der Waals surface area contributed by atoms with Crippen LogP contribution in [0.3, 0.4) is 0 Å². The van der Waals surface area contributed by atoms with Gasteiger partial charge in [0.2, 0.25) is 5.78 Å². The predicted molar refractivity (Wildman–Crippen MR) is 112 cm³/mol. The zero-order valence-corrected chi connectivity index (χ0v) is 16.2. The van der Waals surface area contributed by atoms with Crippen molar-refractivity contribution in [1.29, 1.82) is 0 Å². The molecule has 1 atom stereocenters. The fourth-order valence-corrected chi connectivity index (χ4v) is 3.84. The van der Waals surface area contributed by atoms with Gasteiger partial charge < -0.3 is 15.2 Å². The first-order valence-electron chi connectivity index (χ1n) is 9.78. The van der Waals surface area contributed by atoms with Gasteiger partial charge in [-0.2, -0.15) is 0 Å². The molecular weight excluding hydrogens is 350 g/mol. The third kappa shape index (κ3) is 3.45. The topological polar surface area (TPSA) is 63.1 Å². The number of hydrogen-bond acceptors (Lipinski definition) is 3. The lowest BCUT2D eigenvalue weighted by Gasteiger charge is -2.15. The Hall–Kier alpha value is -2.92. The zero-order valence-electron chi connectivity index (χ0n) is 16.2. The molecule has 0 radical (unpaired) electrons. The van der Waals surface area contributed by atoms with Gasteiger partial charge >= 0.3 is 0 Å². The monoisotopic (exact) mass is 375 g/mol. The van der Waals surface area contributed by atoms with Crippen LogP contribution >= 0.6 is 0 Å². The average Bonchev–Trinajstić information content (AvgIpc) is 2.93. The normalized spacial score (nSPS) is 16.6. The first-order valence-corrected chi connectivity index (χ1v) is 9.78. The van der Waals surface area contributed by atoms with Gasteiger partial charge in [-0.05, 0) is 41.1 Å². The Balaban J connectivity index is 1.58. The molecule has 2 N–H and O–H groups in total. The highest BCUT2D eigenvalue weighted by Gasteiger charge is 2.31. The van der Waals surface area contributed by atoms with Gasteiger partial charge in [-0.15, -0.1) is 0 Å². The summed E-state index contributed by atoms with van der Waals surface area (Å²) >= 11 is 0. The van der Waals surface area contributed by atoms with Gasteiger partial charge in [0.15, 0.2) is 0 Å². The van der Waals surface area contributed by atoms with Crippen LogP contribution in [0, 0.1) is 0 Å². The first-order chi connectivity index (χ1) is 13.5. The van der Waals surface area contributed by atoms with Gasteiger partial charge in [0.25, 0.3) is 5.91 Å². The van der Waals surface area contributed by atoms with Crippen LogP contribution in [0.25, 0.3) is 10.9 Å². The van der Waals surface area contributed by atoms with Crippen molar-refractivity contribution in [3.8, 4) is 0 Å². The first kappa shape index (κ1) is 18.4. The lowest BCUT2D eigenvalue weighted by molar-refractivity contribution is -0.135. The highest BCUT2D eigenvalue weighted by Crippen LogP contribution is 2.28. The van der Waals surface area contributed by atoms with Gasteiger partial charge in [0.1, 0.15) is 0 Å². The number of anilines is 1. The van der Waals surface area contributed by atoms with E-state index in [-0.39, 0.29) is 0 Å². The number of para-hydroxylation sites is 1. The SMILES string of the molecule is CC(C)c1ccc(NC(=O)C(=O)C2CNCCn3c2cc2ccccc23)cc1. The molecule has 1 aromatic heterocycles. The highest BCUT2D eigenvalue weighted by atomic mass is 16.2. The molecule has 144 valence electrons. The molecule has 0 fully saturated rings. The van der Waals surface area contributed by atoms with E-state index in [1.807, 2.05) is 48.5 Å². The molecule has 1 aliphatic heterocycles. The average molecular weight is 375 g/mol. The number of amides is 1. The van der Waals surface area contributed by atoms with E-state index in [1.54, 1.807) is 0 Å². The van der Waals surface area contributed by atoms with E-state index >= 15 is 0 Å². The summed E-state index contributed by atoms with van der Waals surface area (Å²) in [5.41, 5.74) is 3.84. The summed E-state index contributed by atoms with van der Waals surface area (Å²) in [6.07, 6.45) is 0. The van der Waals surface area contributed by atoms with Crippen LogP contribution in [0.1, 0.15) is 36.9 Å². The van der Waals surface area contributed by atoms with Gasteiger partial charge in [0.05, 0.1) is 5.92 Å².